The van der Waals surface area contributed by atoms with E-state index in [0.717, 1.165) is 22.7 Å². The highest BCUT2D eigenvalue weighted by Gasteiger charge is 2.38. The van der Waals surface area contributed by atoms with E-state index in [1.54, 1.807) is 36.4 Å². The molecule has 3 rings (SSSR count). The fraction of sp³-hybridized carbons (Fsp3) is 0.158. The molecule has 0 spiro atoms. The first-order valence-corrected chi connectivity index (χ1v) is 10.3. The van der Waals surface area contributed by atoms with Crippen LogP contribution in [-0.2, 0) is 24.7 Å². The van der Waals surface area contributed by atoms with Gasteiger partial charge in [-0.05, 0) is 36.4 Å². The molecule has 158 valence electrons. The lowest BCUT2D eigenvalue weighted by molar-refractivity contribution is -0.141. The summed E-state index contributed by atoms with van der Waals surface area (Å²) in [4.78, 5) is 5.85. The number of aromatic nitrogens is 2. The summed E-state index contributed by atoms with van der Waals surface area (Å²) < 4.78 is 41.5. The van der Waals surface area contributed by atoms with Crippen molar-refractivity contribution in [2.75, 3.05) is 0 Å². The molecule has 3 aromatic rings. The van der Waals surface area contributed by atoms with Crippen molar-refractivity contribution in [2.45, 2.75) is 22.7 Å². The molecule has 0 aliphatic carbocycles. The maximum Gasteiger partial charge on any atom is 0.435 e. The second-order valence-corrected chi connectivity index (χ2v) is 8.33. The summed E-state index contributed by atoms with van der Waals surface area (Å²) in [5.41, 5.74) is -0.665. The number of halogens is 6. The maximum absolute atomic E-state index is 13.5. The van der Waals surface area contributed by atoms with E-state index in [9.17, 15) is 13.2 Å². The van der Waals surface area contributed by atoms with Gasteiger partial charge in [0.25, 0.3) is 0 Å². The van der Waals surface area contributed by atoms with Gasteiger partial charge in [-0.3, -0.25) is 4.68 Å². The van der Waals surface area contributed by atoms with Gasteiger partial charge < -0.3 is 4.84 Å². The van der Waals surface area contributed by atoms with E-state index >= 15 is 0 Å². The molecule has 0 unspecified atom stereocenters. The van der Waals surface area contributed by atoms with E-state index in [-0.39, 0.29) is 17.2 Å². The van der Waals surface area contributed by atoms with Gasteiger partial charge in [0, 0.05) is 32.6 Å². The Morgan fingerprint density at radius 2 is 1.77 bits per heavy atom. The van der Waals surface area contributed by atoms with E-state index < -0.39 is 11.9 Å². The maximum atomic E-state index is 13.5. The van der Waals surface area contributed by atoms with Crippen molar-refractivity contribution in [3.8, 4) is 0 Å². The second-order valence-electron chi connectivity index (χ2n) is 5.99. The normalized spacial score (nSPS) is 12.0. The van der Waals surface area contributed by atoms with Crippen LogP contribution in [0.25, 0.3) is 0 Å². The summed E-state index contributed by atoms with van der Waals surface area (Å²) >= 11 is 18.9. The van der Waals surface area contributed by atoms with Gasteiger partial charge in [-0.2, -0.15) is 18.3 Å². The molecule has 11 heteroatoms. The summed E-state index contributed by atoms with van der Waals surface area (Å²) in [6.07, 6.45) is -3.66. The Balaban J connectivity index is 1.85. The predicted octanol–water partition coefficient (Wildman–Crippen LogP) is 7.10. The van der Waals surface area contributed by atoms with Crippen LogP contribution in [0, 0.1) is 0 Å². The topological polar surface area (TPSA) is 39.4 Å². The first-order chi connectivity index (χ1) is 14.1. The van der Waals surface area contributed by atoms with Crippen LogP contribution < -0.4 is 0 Å². The first-order valence-electron chi connectivity index (χ1n) is 8.32. The van der Waals surface area contributed by atoms with Gasteiger partial charge in [-0.1, -0.05) is 57.8 Å². The minimum atomic E-state index is -4.66. The Bertz CT molecular complexity index is 1070. The molecule has 0 bridgehead atoms. The first kappa shape index (κ1) is 22.8. The molecule has 0 saturated heterocycles. The third kappa shape index (κ3) is 5.63. The quantitative estimate of drug-likeness (QED) is 0.271. The summed E-state index contributed by atoms with van der Waals surface area (Å²) in [6.45, 7) is -0.0340. The number of aryl methyl sites for hydroxylation is 1. The van der Waals surface area contributed by atoms with E-state index in [1.165, 1.54) is 13.1 Å². The lowest BCUT2D eigenvalue weighted by Gasteiger charge is -2.06. The standard InChI is InChI=1S/C19H13Cl3F3N3OS/c1-28-18(30-14-6-4-12(20)5-7-14)15(17(27-28)19(23,24)25)9-26-29-10-11-2-3-13(21)8-16(11)22/h2-9H,10H2,1H3. The van der Waals surface area contributed by atoms with Gasteiger partial charge in [0.2, 0.25) is 0 Å². The fourth-order valence-corrected chi connectivity index (χ4v) is 3.94. The van der Waals surface area contributed by atoms with Crippen molar-refractivity contribution in [3.63, 3.8) is 0 Å². The van der Waals surface area contributed by atoms with Crippen LogP contribution in [0.1, 0.15) is 16.8 Å². The van der Waals surface area contributed by atoms with Crippen molar-refractivity contribution in [2.24, 2.45) is 12.2 Å². The molecule has 0 fully saturated rings. The molecule has 0 saturated carbocycles. The summed E-state index contributed by atoms with van der Waals surface area (Å²) in [7, 11) is 1.43. The molecule has 4 nitrogen and oxygen atoms in total. The van der Waals surface area contributed by atoms with Gasteiger partial charge in [0.1, 0.15) is 11.6 Å². The molecule has 0 aliphatic rings. The Labute approximate surface area is 189 Å². The largest absolute Gasteiger partial charge is 0.435 e. The number of alkyl halides is 3. The zero-order chi connectivity index (χ0) is 21.9. The zero-order valence-electron chi connectivity index (χ0n) is 15.3. The molecular weight excluding hydrogens is 482 g/mol. The molecule has 30 heavy (non-hydrogen) atoms. The molecule has 0 radical (unpaired) electrons. The van der Waals surface area contributed by atoms with Crippen LogP contribution in [0.5, 0.6) is 0 Å². The Morgan fingerprint density at radius 1 is 1.10 bits per heavy atom. The smallest absolute Gasteiger partial charge is 0.391 e. The highest BCUT2D eigenvalue weighted by molar-refractivity contribution is 7.99. The SMILES string of the molecule is Cn1nc(C(F)(F)F)c(C=NOCc2ccc(Cl)cc2Cl)c1Sc1ccc(Cl)cc1. The van der Waals surface area contributed by atoms with Gasteiger partial charge in [-0.25, -0.2) is 0 Å². The van der Waals surface area contributed by atoms with Crippen LogP contribution in [-0.4, -0.2) is 16.0 Å². The lowest BCUT2D eigenvalue weighted by Crippen LogP contribution is -2.09. The number of hydrogen-bond donors (Lipinski definition) is 0. The van der Waals surface area contributed by atoms with E-state index in [0.29, 0.717) is 25.5 Å². The minimum Gasteiger partial charge on any atom is -0.391 e. The number of benzene rings is 2. The Hall–Kier alpha value is -1.87. The van der Waals surface area contributed by atoms with Gasteiger partial charge in [-0.15, -0.1) is 0 Å². The Kier molecular flexibility index (Phi) is 7.23. The van der Waals surface area contributed by atoms with E-state index in [4.69, 9.17) is 39.6 Å². The number of oxime groups is 1. The third-order valence-electron chi connectivity index (χ3n) is 3.82. The molecule has 0 N–H and O–H groups in total. The molecular formula is C19H13Cl3F3N3OS. The Morgan fingerprint density at radius 3 is 2.40 bits per heavy atom. The van der Waals surface area contributed by atoms with E-state index in [1.807, 2.05) is 0 Å². The second kappa shape index (κ2) is 9.51. The molecule has 0 atom stereocenters. The summed E-state index contributed by atoms with van der Waals surface area (Å²) in [5.74, 6) is 0. The number of hydrogen-bond acceptors (Lipinski definition) is 4. The van der Waals surface area contributed by atoms with Gasteiger partial charge >= 0.3 is 6.18 Å². The van der Waals surface area contributed by atoms with Gasteiger partial charge in [0.05, 0.1) is 11.8 Å². The van der Waals surface area contributed by atoms with Crippen molar-refractivity contribution >= 4 is 52.8 Å². The third-order valence-corrected chi connectivity index (χ3v) is 5.84. The fourth-order valence-electron chi connectivity index (χ4n) is 2.42. The van der Waals surface area contributed by atoms with Crippen LogP contribution in [0.15, 0.2) is 57.5 Å². The van der Waals surface area contributed by atoms with Crippen molar-refractivity contribution < 1.29 is 18.0 Å². The van der Waals surface area contributed by atoms with Crippen LogP contribution in [0.3, 0.4) is 0 Å². The molecule has 1 aromatic heterocycles. The summed E-state index contributed by atoms with van der Waals surface area (Å²) in [6, 6.07) is 11.5. The molecule has 0 aliphatic heterocycles. The molecule has 1 heterocycles. The van der Waals surface area contributed by atoms with Crippen LogP contribution >= 0.6 is 46.6 Å². The molecule has 0 amide bonds. The molecule has 2 aromatic carbocycles. The zero-order valence-corrected chi connectivity index (χ0v) is 18.3. The van der Waals surface area contributed by atoms with E-state index in [2.05, 4.69) is 10.3 Å². The van der Waals surface area contributed by atoms with Crippen LogP contribution in [0.4, 0.5) is 13.2 Å². The highest BCUT2D eigenvalue weighted by Crippen LogP contribution is 2.37. The monoisotopic (exact) mass is 493 g/mol. The van der Waals surface area contributed by atoms with Crippen LogP contribution in [0.2, 0.25) is 15.1 Å². The lowest BCUT2D eigenvalue weighted by atomic mass is 10.2. The average Bonchev–Trinajstić information content (AvgIpc) is 2.98. The van der Waals surface area contributed by atoms with Gasteiger partial charge in [0.15, 0.2) is 5.69 Å². The number of rotatable bonds is 6. The summed E-state index contributed by atoms with van der Waals surface area (Å²) in [5, 5.41) is 8.92. The number of nitrogens with zero attached hydrogens (tertiary/aromatic N) is 3. The van der Waals surface area contributed by atoms with Crippen molar-refractivity contribution in [3.05, 3.63) is 74.4 Å². The highest BCUT2D eigenvalue weighted by atomic mass is 35.5. The minimum absolute atomic E-state index is 0.0340. The predicted molar refractivity (Wildman–Crippen MR) is 113 cm³/mol. The van der Waals surface area contributed by atoms with Crippen molar-refractivity contribution in [1.82, 2.24) is 9.78 Å². The van der Waals surface area contributed by atoms with Crippen molar-refractivity contribution in [1.29, 1.82) is 0 Å². The average molecular weight is 495 g/mol.